The summed E-state index contributed by atoms with van der Waals surface area (Å²) in [6.07, 6.45) is 7.12. The van der Waals surface area contributed by atoms with Crippen molar-refractivity contribution in [3.8, 4) is 5.75 Å². The minimum atomic E-state index is -0.862. The number of nitrogens with zero attached hydrogens (tertiary/aromatic N) is 1. The summed E-state index contributed by atoms with van der Waals surface area (Å²) in [6, 6.07) is 14.2. The minimum Gasteiger partial charge on any atom is -0.496 e. The van der Waals surface area contributed by atoms with Crippen molar-refractivity contribution in [2.75, 3.05) is 7.11 Å². The van der Waals surface area contributed by atoms with E-state index in [2.05, 4.69) is 5.32 Å². The Morgan fingerprint density at radius 1 is 1.12 bits per heavy atom. The second-order valence-corrected chi connectivity index (χ2v) is 9.38. The predicted octanol–water partition coefficient (Wildman–Crippen LogP) is 5.11. The van der Waals surface area contributed by atoms with Gasteiger partial charge in [-0.15, -0.1) is 11.3 Å². The molecule has 2 amide bonds. The Morgan fingerprint density at radius 2 is 1.94 bits per heavy atom. The molecule has 1 unspecified atom stereocenters. The molecule has 4 rings (SSSR count). The van der Waals surface area contributed by atoms with Crippen LogP contribution < -0.4 is 10.1 Å². The van der Waals surface area contributed by atoms with Gasteiger partial charge in [-0.1, -0.05) is 43.5 Å². The van der Waals surface area contributed by atoms with E-state index in [0.29, 0.717) is 11.5 Å². The molecule has 0 bridgehead atoms. The maximum absolute atomic E-state index is 13.6. The molecule has 2 aromatic heterocycles. The van der Waals surface area contributed by atoms with Crippen LogP contribution in [0.3, 0.4) is 0 Å². The number of hydrogen-bond acceptors (Lipinski definition) is 5. The van der Waals surface area contributed by atoms with E-state index in [4.69, 9.17) is 9.15 Å². The van der Waals surface area contributed by atoms with Crippen molar-refractivity contribution in [1.82, 2.24) is 10.2 Å². The molecular formula is C26H30N2O4S. The third-order valence-electron chi connectivity index (χ3n) is 6.08. The molecule has 1 saturated carbocycles. The molecule has 0 saturated heterocycles. The van der Waals surface area contributed by atoms with Crippen LogP contribution in [0, 0.1) is 0 Å². The summed E-state index contributed by atoms with van der Waals surface area (Å²) in [6.45, 7) is 0.234. The van der Waals surface area contributed by atoms with Gasteiger partial charge in [0.15, 0.2) is 6.04 Å². The molecule has 1 aliphatic rings. The molecule has 1 aliphatic carbocycles. The average molecular weight is 467 g/mol. The first-order valence-electron chi connectivity index (χ1n) is 11.4. The van der Waals surface area contributed by atoms with E-state index in [0.717, 1.165) is 36.1 Å². The zero-order chi connectivity index (χ0) is 23.0. The fourth-order valence-electron chi connectivity index (χ4n) is 4.40. The number of carbonyl (C=O) groups excluding carboxylic acids is 2. The number of methoxy groups -OCH3 is 1. The van der Waals surface area contributed by atoms with E-state index >= 15 is 0 Å². The zero-order valence-corrected chi connectivity index (χ0v) is 19.7. The van der Waals surface area contributed by atoms with Crippen LogP contribution in [0.15, 0.2) is 64.6 Å². The van der Waals surface area contributed by atoms with Crippen molar-refractivity contribution >= 4 is 23.2 Å². The monoisotopic (exact) mass is 466 g/mol. The highest BCUT2D eigenvalue weighted by Gasteiger charge is 2.35. The minimum absolute atomic E-state index is 0.129. The molecule has 0 spiro atoms. The van der Waals surface area contributed by atoms with Gasteiger partial charge < -0.3 is 19.4 Å². The van der Waals surface area contributed by atoms with E-state index in [1.54, 1.807) is 30.4 Å². The fraction of sp³-hybridized carbons (Fsp3) is 0.385. The Bertz CT molecular complexity index is 1030. The highest BCUT2D eigenvalue weighted by atomic mass is 32.1. The summed E-state index contributed by atoms with van der Waals surface area (Å²) in [5, 5.41) is 5.15. The summed E-state index contributed by atoms with van der Waals surface area (Å²) in [5.74, 6) is 0.796. The van der Waals surface area contributed by atoms with Crippen LogP contribution in [0.25, 0.3) is 0 Å². The van der Waals surface area contributed by atoms with Crippen LogP contribution in [0.4, 0.5) is 0 Å². The van der Waals surface area contributed by atoms with Gasteiger partial charge in [0.1, 0.15) is 11.5 Å². The molecule has 1 N–H and O–H groups in total. The lowest BCUT2D eigenvalue weighted by Gasteiger charge is -2.32. The maximum atomic E-state index is 13.6. The number of rotatable bonds is 9. The van der Waals surface area contributed by atoms with Crippen LogP contribution >= 0.6 is 11.3 Å². The van der Waals surface area contributed by atoms with Gasteiger partial charge >= 0.3 is 0 Å². The van der Waals surface area contributed by atoms with Gasteiger partial charge in [0.2, 0.25) is 5.91 Å². The first-order chi connectivity index (χ1) is 16.2. The topological polar surface area (TPSA) is 71.8 Å². The highest BCUT2D eigenvalue weighted by Crippen LogP contribution is 2.29. The summed E-state index contributed by atoms with van der Waals surface area (Å²) < 4.78 is 11.2. The smallest absolute Gasteiger partial charge is 0.250 e. The molecule has 7 heteroatoms. The first kappa shape index (κ1) is 23.1. The number of furan rings is 1. The van der Waals surface area contributed by atoms with Gasteiger partial charge in [-0.2, -0.15) is 0 Å². The maximum Gasteiger partial charge on any atom is 0.250 e. The Morgan fingerprint density at radius 3 is 2.64 bits per heavy atom. The Labute approximate surface area is 198 Å². The number of para-hydroxylation sites is 1. The fourth-order valence-corrected chi connectivity index (χ4v) is 5.10. The SMILES string of the molecule is COc1ccccc1CN(C(=O)Cc1cccs1)C(C(=O)NC1CCCCC1)c1ccco1. The van der Waals surface area contributed by atoms with E-state index in [1.165, 1.54) is 17.8 Å². The van der Waals surface area contributed by atoms with Crippen molar-refractivity contribution in [1.29, 1.82) is 0 Å². The third-order valence-corrected chi connectivity index (χ3v) is 6.96. The van der Waals surface area contributed by atoms with Crippen molar-refractivity contribution in [2.24, 2.45) is 0 Å². The molecule has 3 aromatic rings. The number of hydrogen-bond donors (Lipinski definition) is 1. The summed E-state index contributed by atoms with van der Waals surface area (Å²) in [4.78, 5) is 29.8. The van der Waals surface area contributed by atoms with E-state index < -0.39 is 6.04 Å². The standard InChI is InChI=1S/C26H30N2O4S/c1-31-22-13-6-5-9-19(22)18-28(24(29)17-21-12-8-16-33-21)25(23-14-7-15-32-23)26(30)27-20-10-3-2-4-11-20/h5-9,12-16,20,25H,2-4,10-11,17-18H2,1H3,(H,27,30). The average Bonchev–Trinajstić information content (AvgIpc) is 3.54. The van der Waals surface area contributed by atoms with Crippen molar-refractivity contribution in [3.05, 3.63) is 76.4 Å². The molecule has 1 fully saturated rings. The molecule has 0 radical (unpaired) electrons. The molecule has 1 aromatic carbocycles. The second kappa shape index (κ2) is 11.2. The molecule has 1 atom stereocenters. The van der Waals surface area contributed by atoms with E-state index in [-0.39, 0.29) is 30.8 Å². The lowest BCUT2D eigenvalue weighted by Crippen LogP contribution is -2.47. The van der Waals surface area contributed by atoms with Crippen LogP contribution in [-0.2, 0) is 22.6 Å². The van der Waals surface area contributed by atoms with Crippen LogP contribution in [0.1, 0.15) is 54.3 Å². The Balaban J connectivity index is 1.66. The van der Waals surface area contributed by atoms with E-state index in [1.807, 2.05) is 41.8 Å². The van der Waals surface area contributed by atoms with Crippen LogP contribution in [0.2, 0.25) is 0 Å². The summed E-state index contributed by atoms with van der Waals surface area (Å²) in [7, 11) is 1.61. The first-order valence-corrected chi connectivity index (χ1v) is 12.3. The number of nitrogens with one attached hydrogen (secondary N) is 1. The van der Waals surface area contributed by atoms with Crippen LogP contribution in [0.5, 0.6) is 5.75 Å². The van der Waals surface area contributed by atoms with Crippen molar-refractivity contribution < 1.29 is 18.7 Å². The van der Waals surface area contributed by atoms with Crippen LogP contribution in [-0.4, -0.2) is 29.9 Å². The molecule has 174 valence electrons. The number of ether oxygens (including phenoxy) is 1. The largest absolute Gasteiger partial charge is 0.496 e. The van der Waals surface area contributed by atoms with Gasteiger partial charge in [-0.3, -0.25) is 9.59 Å². The number of amides is 2. The second-order valence-electron chi connectivity index (χ2n) is 8.35. The molecular weight excluding hydrogens is 436 g/mol. The molecule has 6 nitrogen and oxygen atoms in total. The summed E-state index contributed by atoms with van der Waals surface area (Å²) >= 11 is 1.53. The lowest BCUT2D eigenvalue weighted by molar-refractivity contribution is -0.142. The van der Waals surface area contributed by atoms with Gasteiger partial charge in [0.25, 0.3) is 5.91 Å². The van der Waals surface area contributed by atoms with Crippen molar-refractivity contribution in [3.63, 3.8) is 0 Å². The molecule has 2 heterocycles. The van der Waals surface area contributed by atoms with Gasteiger partial charge in [-0.05, 0) is 42.5 Å². The Kier molecular flexibility index (Phi) is 7.83. The van der Waals surface area contributed by atoms with E-state index in [9.17, 15) is 9.59 Å². The number of benzene rings is 1. The van der Waals surface area contributed by atoms with Crippen molar-refractivity contribution in [2.45, 2.75) is 57.2 Å². The molecule has 33 heavy (non-hydrogen) atoms. The number of thiophene rings is 1. The third kappa shape index (κ3) is 5.85. The zero-order valence-electron chi connectivity index (χ0n) is 18.9. The van der Waals surface area contributed by atoms with Gasteiger partial charge in [-0.25, -0.2) is 0 Å². The quantitative estimate of drug-likeness (QED) is 0.476. The predicted molar refractivity (Wildman–Crippen MR) is 128 cm³/mol. The normalized spacial score (nSPS) is 15.1. The summed E-state index contributed by atoms with van der Waals surface area (Å²) in [5.41, 5.74) is 0.835. The molecule has 0 aliphatic heterocycles. The number of carbonyl (C=O) groups is 2. The van der Waals surface area contributed by atoms with Gasteiger partial charge in [0, 0.05) is 16.5 Å². The Hall–Kier alpha value is -3.06. The lowest BCUT2D eigenvalue weighted by atomic mass is 9.95. The highest BCUT2D eigenvalue weighted by molar-refractivity contribution is 7.10. The van der Waals surface area contributed by atoms with Gasteiger partial charge in [0.05, 0.1) is 26.3 Å².